The minimum absolute atomic E-state index is 0.0303. The zero-order chi connectivity index (χ0) is 16.7. The maximum absolute atomic E-state index is 11.8. The Balaban J connectivity index is 1.95. The lowest BCUT2D eigenvalue weighted by Crippen LogP contribution is -2.07. The van der Waals surface area contributed by atoms with E-state index in [1.54, 1.807) is 12.1 Å². The zero-order valence-corrected chi connectivity index (χ0v) is 13.1. The largest absolute Gasteiger partial charge is 0.374 e. The van der Waals surface area contributed by atoms with Gasteiger partial charge < -0.3 is 4.74 Å². The SMILES string of the molecule is CCOCc1nnc(NC(=O)C=Cc2cccc([N+](=O)[O-])c2)s1. The second-order valence-corrected chi connectivity index (χ2v) is 5.37. The number of nitrogens with one attached hydrogen (secondary N) is 1. The van der Waals surface area contributed by atoms with Crippen LogP contribution in [0.2, 0.25) is 0 Å². The van der Waals surface area contributed by atoms with E-state index in [2.05, 4.69) is 15.5 Å². The van der Waals surface area contributed by atoms with Crippen LogP contribution < -0.4 is 5.32 Å². The Labute approximate surface area is 136 Å². The van der Waals surface area contributed by atoms with Crippen LogP contribution in [-0.4, -0.2) is 27.6 Å². The normalized spacial score (nSPS) is 10.8. The summed E-state index contributed by atoms with van der Waals surface area (Å²) < 4.78 is 5.20. The molecule has 0 saturated carbocycles. The molecule has 9 heteroatoms. The van der Waals surface area contributed by atoms with Gasteiger partial charge in [0.2, 0.25) is 11.0 Å². The van der Waals surface area contributed by atoms with Crippen LogP contribution in [0.1, 0.15) is 17.5 Å². The van der Waals surface area contributed by atoms with Gasteiger partial charge in [0.15, 0.2) is 0 Å². The van der Waals surface area contributed by atoms with Crippen LogP contribution in [0.3, 0.4) is 0 Å². The van der Waals surface area contributed by atoms with Crippen LogP contribution in [0.25, 0.3) is 6.08 Å². The number of anilines is 1. The molecule has 2 aromatic rings. The van der Waals surface area contributed by atoms with Gasteiger partial charge in [-0.15, -0.1) is 10.2 Å². The van der Waals surface area contributed by atoms with Gasteiger partial charge in [0.25, 0.3) is 5.69 Å². The third-order valence-electron chi connectivity index (χ3n) is 2.63. The molecule has 23 heavy (non-hydrogen) atoms. The van der Waals surface area contributed by atoms with Crippen LogP contribution in [0.4, 0.5) is 10.8 Å². The number of carbonyl (C=O) groups excluding carboxylic acids is 1. The number of benzene rings is 1. The van der Waals surface area contributed by atoms with Crippen molar-refractivity contribution in [2.24, 2.45) is 0 Å². The first-order chi connectivity index (χ1) is 11.1. The molecule has 0 aliphatic carbocycles. The van der Waals surface area contributed by atoms with Crippen LogP contribution >= 0.6 is 11.3 Å². The van der Waals surface area contributed by atoms with E-state index in [4.69, 9.17) is 4.74 Å². The van der Waals surface area contributed by atoms with Crippen molar-refractivity contribution in [3.05, 3.63) is 51.0 Å². The molecule has 0 aliphatic rings. The van der Waals surface area contributed by atoms with Crippen molar-refractivity contribution in [1.29, 1.82) is 0 Å². The van der Waals surface area contributed by atoms with Gasteiger partial charge in [0.1, 0.15) is 11.6 Å². The van der Waals surface area contributed by atoms with Crippen molar-refractivity contribution < 1.29 is 14.5 Å². The van der Waals surface area contributed by atoms with E-state index in [1.807, 2.05) is 6.92 Å². The Kier molecular flexibility index (Phi) is 5.89. The molecule has 1 N–H and O–H groups in total. The number of ether oxygens (including phenoxy) is 1. The van der Waals surface area contributed by atoms with Crippen molar-refractivity contribution in [3.8, 4) is 0 Å². The van der Waals surface area contributed by atoms with Crippen molar-refractivity contribution >= 4 is 34.1 Å². The zero-order valence-electron chi connectivity index (χ0n) is 12.3. The fourth-order valence-corrected chi connectivity index (χ4v) is 2.29. The van der Waals surface area contributed by atoms with E-state index in [1.165, 1.54) is 35.6 Å². The monoisotopic (exact) mass is 334 g/mol. The van der Waals surface area contributed by atoms with E-state index < -0.39 is 10.8 Å². The van der Waals surface area contributed by atoms with Crippen LogP contribution in [0.15, 0.2) is 30.3 Å². The maximum atomic E-state index is 11.8. The van der Waals surface area contributed by atoms with Crippen molar-refractivity contribution in [2.75, 3.05) is 11.9 Å². The molecule has 0 aliphatic heterocycles. The lowest BCUT2D eigenvalue weighted by atomic mass is 10.2. The van der Waals surface area contributed by atoms with Gasteiger partial charge in [0.05, 0.1) is 4.92 Å². The summed E-state index contributed by atoms with van der Waals surface area (Å²) in [7, 11) is 0. The summed E-state index contributed by atoms with van der Waals surface area (Å²) >= 11 is 1.23. The first-order valence-electron chi connectivity index (χ1n) is 6.72. The quantitative estimate of drug-likeness (QED) is 0.474. The minimum atomic E-state index is -0.488. The summed E-state index contributed by atoms with van der Waals surface area (Å²) in [6, 6.07) is 6.00. The molecular weight excluding hydrogens is 320 g/mol. The van der Waals surface area contributed by atoms with Crippen molar-refractivity contribution in [1.82, 2.24) is 10.2 Å². The number of nitro groups is 1. The van der Waals surface area contributed by atoms with Gasteiger partial charge in [-0.2, -0.15) is 0 Å². The molecule has 120 valence electrons. The van der Waals surface area contributed by atoms with Gasteiger partial charge in [-0.3, -0.25) is 20.2 Å². The number of rotatable bonds is 7. The second kappa shape index (κ2) is 8.11. The summed E-state index contributed by atoms with van der Waals surface area (Å²) in [5, 5.41) is 22.0. The Bertz CT molecular complexity index is 729. The Morgan fingerprint density at radius 3 is 3.04 bits per heavy atom. The van der Waals surface area contributed by atoms with Gasteiger partial charge in [-0.05, 0) is 18.6 Å². The van der Waals surface area contributed by atoms with Crippen molar-refractivity contribution in [3.63, 3.8) is 0 Å². The van der Waals surface area contributed by atoms with Gasteiger partial charge in [-0.25, -0.2) is 0 Å². The Morgan fingerprint density at radius 1 is 1.48 bits per heavy atom. The van der Waals surface area contributed by atoms with Crippen LogP contribution in [0, 0.1) is 10.1 Å². The average Bonchev–Trinajstić information content (AvgIpc) is 2.98. The number of aromatic nitrogens is 2. The Hall–Kier alpha value is -2.65. The lowest BCUT2D eigenvalue weighted by molar-refractivity contribution is -0.384. The van der Waals surface area contributed by atoms with E-state index in [-0.39, 0.29) is 5.69 Å². The number of carbonyl (C=O) groups is 1. The molecule has 2 rings (SSSR count). The molecule has 0 saturated heterocycles. The highest BCUT2D eigenvalue weighted by Gasteiger charge is 2.07. The number of nitrogens with zero attached hydrogens (tertiary/aromatic N) is 3. The number of hydrogen-bond acceptors (Lipinski definition) is 7. The van der Waals surface area contributed by atoms with Gasteiger partial charge in [-0.1, -0.05) is 23.5 Å². The number of non-ortho nitro benzene ring substituents is 1. The molecule has 0 atom stereocenters. The molecule has 1 aromatic carbocycles. The van der Waals surface area contributed by atoms with E-state index >= 15 is 0 Å². The summed E-state index contributed by atoms with van der Waals surface area (Å²) in [6.45, 7) is 2.81. The molecule has 0 bridgehead atoms. The predicted octanol–water partition coefficient (Wildman–Crippen LogP) is 2.63. The highest BCUT2D eigenvalue weighted by molar-refractivity contribution is 7.15. The first-order valence-corrected chi connectivity index (χ1v) is 7.53. The second-order valence-electron chi connectivity index (χ2n) is 4.31. The highest BCUT2D eigenvalue weighted by atomic mass is 32.1. The third kappa shape index (κ3) is 5.24. The Morgan fingerprint density at radius 2 is 2.30 bits per heavy atom. The fraction of sp³-hybridized carbons (Fsp3) is 0.214. The van der Waals surface area contributed by atoms with E-state index in [0.717, 1.165) is 0 Å². The standard InChI is InChI=1S/C14H14N4O4S/c1-2-22-9-13-16-17-14(23-13)15-12(19)7-6-10-4-3-5-11(8-10)18(20)21/h3-8H,2,9H2,1H3,(H,15,17,19). The lowest BCUT2D eigenvalue weighted by Gasteiger charge is -1.96. The highest BCUT2D eigenvalue weighted by Crippen LogP contribution is 2.17. The smallest absolute Gasteiger partial charge is 0.270 e. The van der Waals surface area contributed by atoms with Crippen LogP contribution in [0.5, 0.6) is 0 Å². The van der Waals surface area contributed by atoms with E-state index in [9.17, 15) is 14.9 Å². The van der Waals surface area contributed by atoms with Gasteiger partial charge >= 0.3 is 0 Å². The summed E-state index contributed by atoms with van der Waals surface area (Å²) in [5.41, 5.74) is 0.529. The molecule has 0 radical (unpaired) electrons. The molecule has 0 unspecified atom stereocenters. The maximum Gasteiger partial charge on any atom is 0.270 e. The fourth-order valence-electron chi connectivity index (χ4n) is 1.61. The molecule has 1 amide bonds. The van der Waals surface area contributed by atoms with Crippen LogP contribution in [-0.2, 0) is 16.1 Å². The third-order valence-corrected chi connectivity index (χ3v) is 3.45. The van der Waals surface area contributed by atoms with E-state index in [0.29, 0.717) is 28.9 Å². The summed E-state index contributed by atoms with van der Waals surface area (Å²) in [4.78, 5) is 22.0. The minimum Gasteiger partial charge on any atom is -0.374 e. The molecular formula is C14H14N4O4S. The molecule has 1 aromatic heterocycles. The number of amides is 1. The summed E-state index contributed by atoms with van der Waals surface area (Å²) in [5.74, 6) is -0.393. The molecule has 0 fully saturated rings. The van der Waals surface area contributed by atoms with Crippen molar-refractivity contribution in [2.45, 2.75) is 13.5 Å². The molecule has 1 heterocycles. The molecule has 8 nitrogen and oxygen atoms in total. The topological polar surface area (TPSA) is 107 Å². The summed E-state index contributed by atoms with van der Waals surface area (Å²) in [6.07, 6.45) is 2.77. The number of hydrogen-bond donors (Lipinski definition) is 1. The number of nitro benzene ring substituents is 1. The average molecular weight is 334 g/mol. The molecule has 0 spiro atoms. The predicted molar refractivity (Wildman–Crippen MR) is 86.0 cm³/mol. The van der Waals surface area contributed by atoms with Gasteiger partial charge in [0, 0.05) is 24.8 Å². The first kappa shape index (κ1) is 16.7.